The first-order valence-electron chi connectivity index (χ1n) is 7.27. The molecule has 1 heterocycles. The van der Waals surface area contributed by atoms with Crippen molar-refractivity contribution in [3.05, 3.63) is 21.9 Å². The van der Waals surface area contributed by atoms with Crippen LogP contribution in [0.4, 0.5) is 0 Å². The second-order valence-corrected chi connectivity index (χ2v) is 9.31. The Morgan fingerprint density at radius 1 is 1.27 bits per heavy atom. The molecule has 0 spiro atoms. The minimum atomic E-state index is -0.837. The topological polar surface area (TPSA) is 53.5 Å². The Labute approximate surface area is 158 Å². The van der Waals surface area contributed by atoms with Crippen LogP contribution in [-0.2, 0) is 23.8 Å². The summed E-state index contributed by atoms with van der Waals surface area (Å²) >= 11 is 1.82. The second-order valence-electron chi connectivity index (χ2n) is 5.74. The van der Waals surface area contributed by atoms with Crippen LogP contribution in [0.2, 0.25) is 0 Å². The quantitative estimate of drug-likeness (QED) is 0.392. The molecule has 1 aromatic heterocycles. The highest BCUT2D eigenvalue weighted by atomic mass is 127. The van der Waals surface area contributed by atoms with Crippen LogP contribution in [0.1, 0.15) is 37.4 Å². The van der Waals surface area contributed by atoms with Crippen LogP contribution in [0.3, 0.4) is 0 Å². The minimum Gasteiger partial charge on any atom is -0.355 e. The standard InChI is InChI=1S/C15H27N3OS2.HI/c1-6-12-7-8-13(20-12)11-18-14(16-5)17-9-10-21(19)15(2,3)4;/h7-8H,6,9-11H2,1-5H3,(H2,16,17,18);1H. The molecule has 0 aliphatic carbocycles. The summed E-state index contributed by atoms with van der Waals surface area (Å²) in [7, 11) is 0.915. The number of rotatable bonds is 6. The largest absolute Gasteiger partial charge is 0.355 e. The fourth-order valence-electron chi connectivity index (χ4n) is 1.67. The van der Waals surface area contributed by atoms with Crippen LogP contribution in [-0.4, -0.2) is 34.3 Å². The van der Waals surface area contributed by atoms with Gasteiger partial charge in [-0.05, 0) is 39.3 Å². The highest BCUT2D eigenvalue weighted by Crippen LogP contribution is 2.16. The monoisotopic (exact) mass is 457 g/mol. The molecule has 0 aliphatic heterocycles. The van der Waals surface area contributed by atoms with Crippen molar-refractivity contribution in [2.45, 2.75) is 45.4 Å². The first kappa shape index (κ1) is 21.9. The van der Waals surface area contributed by atoms with Gasteiger partial charge in [-0.3, -0.25) is 9.20 Å². The predicted octanol–water partition coefficient (Wildman–Crippen LogP) is 3.14. The molecule has 1 unspecified atom stereocenters. The van der Waals surface area contributed by atoms with Gasteiger partial charge in [0.25, 0.3) is 0 Å². The molecule has 1 rings (SSSR count). The van der Waals surface area contributed by atoms with Gasteiger partial charge in [0.05, 0.1) is 6.54 Å². The van der Waals surface area contributed by atoms with Crippen LogP contribution in [0.25, 0.3) is 0 Å². The number of hydrogen-bond acceptors (Lipinski definition) is 3. The highest BCUT2D eigenvalue weighted by molar-refractivity contribution is 14.0. The van der Waals surface area contributed by atoms with Gasteiger partial charge in [-0.15, -0.1) is 35.3 Å². The Morgan fingerprint density at radius 2 is 1.91 bits per heavy atom. The molecule has 0 saturated heterocycles. The molecular formula is C15H28IN3OS2. The van der Waals surface area contributed by atoms with E-state index in [0.29, 0.717) is 12.3 Å². The van der Waals surface area contributed by atoms with Crippen molar-refractivity contribution in [2.75, 3.05) is 19.3 Å². The number of nitrogens with one attached hydrogen (secondary N) is 2. The zero-order valence-corrected chi connectivity index (χ0v) is 18.0. The second kappa shape index (κ2) is 10.6. The molecule has 0 radical (unpaired) electrons. The fraction of sp³-hybridized carbons (Fsp3) is 0.667. The van der Waals surface area contributed by atoms with E-state index in [1.807, 2.05) is 32.1 Å². The van der Waals surface area contributed by atoms with Crippen LogP contribution in [0.15, 0.2) is 17.1 Å². The maximum Gasteiger partial charge on any atom is 0.191 e. The lowest BCUT2D eigenvalue weighted by atomic mass is 10.3. The third kappa shape index (κ3) is 7.92. The molecular weight excluding hydrogens is 429 g/mol. The summed E-state index contributed by atoms with van der Waals surface area (Å²) in [5.74, 6) is 1.38. The number of aliphatic imine (C=N–C) groups is 1. The Bertz CT molecular complexity index is 495. The molecule has 0 fully saturated rings. The number of guanidine groups is 1. The average Bonchev–Trinajstić information content (AvgIpc) is 2.89. The van der Waals surface area contributed by atoms with Gasteiger partial charge in [-0.1, -0.05) is 6.92 Å². The molecule has 0 aliphatic rings. The molecule has 0 aromatic carbocycles. The van der Waals surface area contributed by atoms with Gasteiger partial charge >= 0.3 is 0 Å². The van der Waals surface area contributed by atoms with Gasteiger partial charge in [0.2, 0.25) is 0 Å². The van der Waals surface area contributed by atoms with Crippen molar-refractivity contribution >= 4 is 52.1 Å². The van der Waals surface area contributed by atoms with Crippen LogP contribution < -0.4 is 10.6 Å². The average molecular weight is 457 g/mol. The molecule has 22 heavy (non-hydrogen) atoms. The van der Waals surface area contributed by atoms with E-state index in [4.69, 9.17) is 0 Å². The van der Waals surface area contributed by atoms with Crippen LogP contribution in [0.5, 0.6) is 0 Å². The first-order valence-corrected chi connectivity index (χ1v) is 9.41. The third-order valence-corrected chi connectivity index (χ3v) is 6.15. The smallest absolute Gasteiger partial charge is 0.191 e. The van der Waals surface area contributed by atoms with E-state index in [0.717, 1.165) is 18.9 Å². The normalized spacial score (nSPS) is 13.4. The maximum absolute atomic E-state index is 12.0. The Hall–Kier alpha value is -0.150. The Kier molecular flexibility index (Phi) is 10.5. The van der Waals surface area contributed by atoms with Crippen molar-refractivity contribution in [1.29, 1.82) is 0 Å². The Morgan fingerprint density at radius 3 is 2.41 bits per heavy atom. The van der Waals surface area contributed by atoms with E-state index < -0.39 is 10.8 Å². The molecule has 1 aromatic rings. The van der Waals surface area contributed by atoms with Gasteiger partial charge in [0.15, 0.2) is 5.96 Å². The van der Waals surface area contributed by atoms with Crippen molar-refractivity contribution in [1.82, 2.24) is 10.6 Å². The van der Waals surface area contributed by atoms with Crippen molar-refractivity contribution in [2.24, 2.45) is 4.99 Å². The fourth-order valence-corrected chi connectivity index (χ4v) is 3.46. The molecule has 7 heteroatoms. The summed E-state index contributed by atoms with van der Waals surface area (Å²) < 4.78 is 11.8. The zero-order chi connectivity index (χ0) is 15.9. The summed E-state index contributed by atoms with van der Waals surface area (Å²) in [6.45, 7) is 9.59. The van der Waals surface area contributed by atoms with Gasteiger partial charge in [-0.25, -0.2) is 0 Å². The lowest BCUT2D eigenvalue weighted by molar-refractivity contribution is 0.647. The van der Waals surface area contributed by atoms with Crippen LogP contribution >= 0.6 is 35.3 Å². The summed E-state index contributed by atoms with van der Waals surface area (Å²) in [6, 6.07) is 4.32. The number of aryl methyl sites for hydroxylation is 1. The maximum atomic E-state index is 12.0. The first-order chi connectivity index (χ1) is 9.86. The molecule has 0 amide bonds. The Balaban J connectivity index is 0.00000441. The summed E-state index contributed by atoms with van der Waals surface area (Å²) in [5, 5.41) is 6.50. The molecule has 128 valence electrons. The zero-order valence-electron chi connectivity index (χ0n) is 14.1. The molecule has 1 atom stereocenters. The SMILES string of the molecule is CCc1ccc(CNC(=NC)NCCS(=O)C(C)(C)C)s1.I. The highest BCUT2D eigenvalue weighted by Gasteiger charge is 2.18. The number of hydrogen-bond donors (Lipinski definition) is 2. The van der Waals surface area contributed by atoms with Gasteiger partial charge in [0.1, 0.15) is 0 Å². The van der Waals surface area contributed by atoms with E-state index in [1.165, 1.54) is 9.75 Å². The summed E-state index contributed by atoms with van der Waals surface area (Å²) in [4.78, 5) is 6.89. The minimum absolute atomic E-state index is 0. The van der Waals surface area contributed by atoms with Crippen LogP contribution in [0, 0.1) is 0 Å². The van der Waals surface area contributed by atoms with Gasteiger partial charge < -0.3 is 10.6 Å². The van der Waals surface area contributed by atoms with Crippen molar-refractivity contribution in [3.63, 3.8) is 0 Å². The van der Waals surface area contributed by atoms with Crippen molar-refractivity contribution in [3.8, 4) is 0 Å². The number of halogens is 1. The lowest BCUT2D eigenvalue weighted by Crippen LogP contribution is -2.39. The molecule has 2 N–H and O–H groups in total. The lowest BCUT2D eigenvalue weighted by Gasteiger charge is -2.18. The van der Waals surface area contributed by atoms with E-state index >= 15 is 0 Å². The predicted molar refractivity (Wildman–Crippen MR) is 110 cm³/mol. The summed E-state index contributed by atoms with van der Waals surface area (Å²) in [5.41, 5.74) is 0. The summed E-state index contributed by atoms with van der Waals surface area (Å²) in [6.07, 6.45) is 1.08. The number of nitrogens with zero attached hydrogens (tertiary/aromatic N) is 1. The molecule has 0 saturated carbocycles. The molecule has 0 bridgehead atoms. The molecule has 4 nitrogen and oxygen atoms in total. The van der Waals surface area contributed by atoms with E-state index in [-0.39, 0.29) is 28.7 Å². The van der Waals surface area contributed by atoms with Gasteiger partial charge in [0, 0.05) is 44.6 Å². The third-order valence-electron chi connectivity index (χ3n) is 2.98. The van der Waals surface area contributed by atoms with Gasteiger partial charge in [-0.2, -0.15) is 0 Å². The van der Waals surface area contributed by atoms with E-state index in [9.17, 15) is 4.21 Å². The van der Waals surface area contributed by atoms with Crippen molar-refractivity contribution < 1.29 is 4.21 Å². The van der Waals surface area contributed by atoms with E-state index in [2.05, 4.69) is 34.7 Å². The number of thiophene rings is 1. The van der Waals surface area contributed by atoms with E-state index in [1.54, 1.807) is 7.05 Å².